The van der Waals surface area contributed by atoms with Crippen LogP contribution in [0, 0.1) is 5.41 Å². The number of piperazine rings is 1. The summed E-state index contributed by atoms with van der Waals surface area (Å²) < 4.78 is 32.2. The number of allylic oxidation sites excluding steroid dienone is 1. The molecule has 38 heavy (non-hydrogen) atoms. The zero-order chi connectivity index (χ0) is 27.2. The van der Waals surface area contributed by atoms with E-state index in [-0.39, 0.29) is 51.6 Å². The number of rotatable bonds is 8. The van der Waals surface area contributed by atoms with Gasteiger partial charge < -0.3 is 31.3 Å². The molecule has 4 rings (SSSR count). The molecule has 1 aromatic carbocycles. The van der Waals surface area contributed by atoms with Gasteiger partial charge in [0, 0.05) is 55.4 Å². The molecule has 2 aliphatic rings. The molecule has 2 amide bonds. The summed E-state index contributed by atoms with van der Waals surface area (Å²) in [5, 5.41) is 21.0. The molecule has 200 valence electrons. The van der Waals surface area contributed by atoms with E-state index in [0.29, 0.717) is 26.2 Å². The molecule has 0 radical (unpaired) electrons. The number of aromatic nitrogens is 2. The van der Waals surface area contributed by atoms with Crippen LogP contribution in [0.2, 0.25) is 5.02 Å². The van der Waals surface area contributed by atoms with Gasteiger partial charge in [0.1, 0.15) is 35.2 Å². The Bertz CT molecular complexity index is 1330. The molecule has 0 atom stereocenters. The minimum atomic E-state index is -3.14. The third kappa shape index (κ3) is 6.33. The van der Waals surface area contributed by atoms with E-state index in [9.17, 15) is 18.4 Å². The van der Waals surface area contributed by atoms with Crippen LogP contribution < -0.4 is 26.4 Å². The van der Waals surface area contributed by atoms with Crippen molar-refractivity contribution in [1.29, 1.82) is 5.41 Å². The Labute approximate surface area is 220 Å². The largest absolute Gasteiger partial charge is 0.434 e. The summed E-state index contributed by atoms with van der Waals surface area (Å²) in [4.78, 5) is 31.8. The third-order valence-corrected chi connectivity index (χ3v) is 5.76. The molecule has 0 spiro atoms. The first-order chi connectivity index (χ1) is 18.2. The molecule has 6 N–H and O–H groups in total. The number of aliphatic imine (C=N–C) groups is 1. The first-order valence-corrected chi connectivity index (χ1v) is 11.8. The smallest absolute Gasteiger partial charge is 0.387 e. The van der Waals surface area contributed by atoms with Gasteiger partial charge in [0.05, 0.1) is 5.69 Å². The zero-order valence-electron chi connectivity index (χ0n) is 19.9. The predicted molar refractivity (Wildman–Crippen MR) is 137 cm³/mol. The summed E-state index contributed by atoms with van der Waals surface area (Å²) >= 11 is 6.13. The first-order valence-electron chi connectivity index (χ1n) is 11.4. The van der Waals surface area contributed by atoms with Crippen molar-refractivity contribution >= 4 is 41.2 Å². The van der Waals surface area contributed by atoms with E-state index in [1.54, 1.807) is 11.0 Å². The molecule has 0 saturated carbocycles. The summed E-state index contributed by atoms with van der Waals surface area (Å²) in [6.07, 6.45) is 5.87. The van der Waals surface area contributed by atoms with Crippen molar-refractivity contribution in [2.45, 2.75) is 13.2 Å². The summed E-state index contributed by atoms with van der Waals surface area (Å²) in [5.41, 5.74) is 5.49. The van der Waals surface area contributed by atoms with Crippen molar-refractivity contribution in [3.8, 4) is 17.0 Å². The highest BCUT2D eigenvalue weighted by atomic mass is 35.5. The van der Waals surface area contributed by atoms with Crippen LogP contribution in [0.5, 0.6) is 5.75 Å². The number of hydrogen-bond acceptors (Lipinski definition) is 8. The number of ether oxygens (including phenoxy) is 1. The third-order valence-electron chi connectivity index (χ3n) is 5.53. The molecule has 2 aromatic rings. The van der Waals surface area contributed by atoms with E-state index in [1.165, 1.54) is 41.5 Å². The number of halogens is 3. The molecule has 1 saturated heterocycles. The standard InChI is InChI=1S/C23H24ClF2N9O3/c24-13-2-3-16(38-23(25)26)14(10-13)19-15(11-35(33-19)12-17(36)34-8-6-29-7-9-34)32-22(37)18(20(27)28)21-30-4-1-5-31-21/h1-5,10-11,23,29-30H,6-9,12H2,(H3,27,28)(H,32,37)/b21-18+. The molecule has 0 unspecified atom stereocenters. The Balaban J connectivity index is 1.73. The second-order valence-corrected chi connectivity index (χ2v) is 8.55. The van der Waals surface area contributed by atoms with Gasteiger partial charge in [-0.3, -0.25) is 19.7 Å². The minimum absolute atomic E-state index is 0.0116. The maximum Gasteiger partial charge on any atom is 0.387 e. The molecule has 15 heteroatoms. The molecular weight excluding hydrogens is 524 g/mol. The van der Waals surface area contributed by atoms with Gasteiger partial charge in [0.15, 0.2) is 0 Å². The van der Waals surface area contributed by atoms with Gasteiger partial charge in [-0.05, 0) is 24.3 Å². The van der Waals surface area contributed by atoms with E-state index < -0.39 is 18.4 Å². The topological polar surface area (TPSA) is 163 Å². The van der Waals surface area contributed by atoms with E-state index in [0.717, 1.165) is 0 Å². The minimum Gasteiger partial charge on any atom is -0.434 e. The van der Waals surface area contributed by atoms with Crippen LogP contribution in [0.25, 0.3) is 11.3 Å². The van der Waals surface area contributed by atoms with Crippen LogP contribution in [0.3, 0.4) is 0 Å². The number of hydrogen-bond donors (Lipinski definition) is 5. The van der Waals surface area contributed by atoms with E-state index in [2.05, 4.69) is 30.8 Å². The van der Waals surface area contributed by atoms with Crippen molar-refractivity contribution in [3.05, 3.63) is 53.1 Å². The lowest BCUT2D eigenvalue weighted by molar-refractivity contribution is -0.132. The maximum atomic E-state index is 13.2. The fraction of sp³-hybridized carbons (Fsp3) is 0.261. The number of carbonyl (C=O) groups excluding carboxylic acids is 2. The first kappa shape index (κ1) is 26.8. The van der Waals surface area contributed by atoms with Gasteiger partial charge in [0.25, 0.3) is 5.91 Å². The SMILES string of the molecule is N=C(N)/C(C(=O)Nc1cn(CC(=O)N2CCNCC2)nc1-c1cc(Cl)ccc1OC(F)F)=C1\N=CC=CN1. The number of carbonyl (C=O) groups is 2. The van der Waals surface area contributed by atoms with E-state index >= 15 is 0 Å². The number of amidine groups is 1. The highest BCUT2D eigenvalue weighted by Crippen LogP contribution is 2.37. The van der Waals surface area contributed by atoms with Crippen LogP contribution in [-0.4, -0.2) is 71.3 Å². The highest BCUT2D eigenvalue weighted by Gasteiger charge is 2.25. The molecular formula is C23H24ClF2N9O3. The Morgan fingerprint density at radius 3 is 2.71 bits per heavy atom. The summed E-state index contributed by atoms with van der Waals surface area (Å²) in [6, 6.07) is 3.96. The fourth-order valence-corrected chi connectivity index (χ4v) is 4.01. The Kier molecular flexibility index (Phi) is 8.33. The lowest BCUT2D eigenvalue weighted by atomic mass is 10.1. The van der Waals surface area contributed by atoms with Gasteiger partial charge >= 0.3 is 6.61 Å². The van der Waals surface area contributed by atoms with Crippen LogP contribution in [-0.2, 0) is 16.1 Å². The average molecular weight is 548 g/mol. The van der Waals surface area contributed by atoms with Gasteiger partial charge in [0.2, 0.25) is 5.91 Å². The number of nitrogens with zero attached hydrogens (tertiary/aromatic N) is 4. The fourth-order valence-electron chi connectivity index (χ4n) is 3.84. The number of anilines is 1. The molecule has 0 aliphatic carbocycles. The van der Waals surface area contributed by atoms with Gasteiger partial charge in [-0.1, -0.05) is 11.6 Å². The van der Waals surface area contributed by atoms with Crippen LogP contribution in [0.4, 0.5) is 14.5 Å². The normalized spacial score (nSPS) is 16.3. The molecule has 1 fully saturated rings. The summed E-state index contributed by atoms with van der Waals surface area (Å²) in [7, 11) is 0. The van der Waals surface area contributed by atoms with Gasteiger partial charge in [-0.25, -0.2) is 4.99 Å². The average Bonchev–Trinajstić information content (AvgIpc) is 3.27. The predicted octanol–water partition coefficient (Wildman–Crippen LogP) is 1.51. The molecule has 0 bridgehead atoms. The monoisotopic (exact) mass is 547 g/mol. The van der Waals surface area contributed by atoms with Gasteiger partial charge in [-0.15, -0.1) is 0 Å². The number of alkyl halides is 2. The van der Waals surface area contributed by atoms with Crippen molar-refractivity contribution < 1.29 is 23.1 Å². The molecule has 2 aliphatic heterocycles. The van der Waals surface area contributed by atoms with E-state index in [4.69, 9.17) is 22.7 Å². The quantitative estimate of drug-likeness (QED) is 0.190. The lowest BCUT2D eigenvalue weighted by Gasteiger charge is -2.27. The molecule has 3 heterocycles. The zero-order valence-corrected chi connectivity index (χ0v) is 20.6. The Hall–Kier alpha value is -4.30. The summed E-state index contributed by atoms with van der Waals surface area (Å²) in [6.45, 7) is -0.957. The number of nitrogens with one attached hydrogen (secondary N) is 4. The second-order valence-electron chi connectivity index (χ2n) is 8.11. The van der Waals surface area contributed by atoms with Crippen LogP contribution in [0.1, 0.15) is 0 Å². The lowest BCUT2D eigenvalue weighted by Crippen LogP contribution is -2.47. The van der Waals surface area contributed by atoms with Crippen LogP contribution >= 0.6 is 11.6 Å². The summed E-state index contributed by atoms with van der Waals surface area (Å²) in [5.74, 6) is -1.81. The Morgan fingerprint density at radius 2 is 2.05 bits per heavy atom. The molecule has 12 nitrogen and oxygen atoms in total. The Morgan fingerprint density at radius 1 is 1.29 bits per heavy atom. The number of nitrogens with two attached hydrogens (primary N) is 1. The molecule has 1 aromatic heterocycles. The van der Waals surface area contributed by atoms with E-state index in [1.807, 2.05) is 0 Å². The van der Waals surface area contributed by atoms with Crippen molar-refractivity contribution in [1.82, 2.24) is 25.3 Å². The van der Waals surface area contributed by atoms with Crippen molar-refractivity contribution in [3.63, 3.8) is 0 Å². The highest BCUT2D eigenvalue weighted by molar-refractivity contribution is 6.31. The van der Waals surface area contributed by atoms with Crippen molar-refractivity contribution in [2.75, 3.05) is 31.5 Å². The maximum absolute atomic E-state index is 13.2. The van der Waals surface area contributed by atoms with Crippen LogP contribution in [0.15, 0.2) is 53.1 Å². The van der Waals surface area contributed by atoms with Crippen molar-refractivity contribution in [2.24, 2.45) is 10.7 Å². The number of benzene rings is 1. The van der Waals surface area contributed by atoms with Gasteiger partial charge in [-0.2, -0.15) is 13.9 Å². The number of amides is 2. The second kappa shape index (κ2) is 11.8.